The Balaban J connectivity index is 1.77. The van der Waals surface area contributed by atoms with Crippen LogP contribution in [0.3, 0.4) is 0 Å². The van der Waals surface area contributed by atoms with Crippen LogP contribution >= 0.6 is 11.6 Å². The number of ether oxygens (including phenoxy) is 2. The van der Waals surface area contributed by atoms with Crippen LogP contribution in [0.2, 0.25) is 5.02 Å². The van der Waals surface area contributed by atoms with E-state index in [1.165, 1.54) is 0 Å². The number of nitrogens with zero attached hydrogens (tertiary/aromatic N) is 2. The van der Waals surface area contributed by atoms with E-state index < -0.39 is 0 Å². The van der Waals surface area contributed by atoms with Crippen LogP contribution in [-0.4, -0.2) is 37.1 Å². The van der Waals surface area contributed by atoms with Crippen molar-refractivity contribution in [2.24, 2.45) is 0 Å². The molecule has 7 nitrogen and oxygen atoms in total. The van der Waals surface area contributed by atoms with Gasteiger partial charge in [0.25, 0.3) is 5.91 Å². The largest absolute Gasteiger partial charge is 0.493 e. The average molecular weight is 449 g/mol. The number of carbonyl (C=O) groups is 1. The predicted molar refractivity (Wildman–Crippen MR) is 127 cm³/mol. The normalized spacial score (nSPS) is 10.6. The molecule has 1 aromatic heterocycles. The second kappa shape index (κ2) is 9.11. The second-order valence-electron chi connectivity index (χ2n) is 6.91. The molecule has 0 atom stereocenters. The van der Waals surface area contributed by atoms with Gasteiger partial charge in [-0.25, -0.2) is 9.97 Å². The number of hydrogen-bond donors (Lipinski definition) is 2. The number of fused-ring (bicyclic) bond motifs is 1. The number of carbonyl (C=O) groups excluding carboxylic acids is 1. The van der Waals surface area contributed by atoms with Gasteiger partial charge in [0, 0.05) is 40.3 Å². The SMILES string of the molecule is CNc1nc(-c2cccc(NC(=O)c3ccc(Cl)cc3)c2)c2cc(OC)c(OC)cc2n1. The lowest BCUT2D eigenvalue weighted by Gasteiger charge is -2.13. The van der Waals surface area contributed by atoms with E-state index >= 15 is 0 Å². The fourth-order valence-electron chi connectivity index (χ4n) is 3.34. The minimum atomic E-state index is -0.228. The smallest absolute Gasteiger partial charge is 0.255 e. The van der Waals surface area contributed by atoms with Gasteiger partial charge in [-0.1, -0.05) is 23.7 Å². The molecule has 0 fully saturated rings. The van der Waals surface area contributed by atoms with Crippen LogP contribution in [0.4, 0.5) is 11.6 Å². The highest BCUT2D eigenvalue weighted by atomic mass is 35.5. The van der Waals surface area contributed by atoms with Crippen molar-refractivity contribution < 1.29 is 14.3 Å². The number of amides is 1. The Morgan fingerprint density at radius 2 is 1.66 bits per heavy atom. The molecule has 32 heavy (non-hydrogen) atoms. The first-order valence-corrected chi connectivity index (χ1v) is 10.2. The topological polar surface area (TPSA) is 85.4 Å². The lowest BCUT2D eigenvalue weighted by Crippen LogP contribution is -2.11. The molecule has 2 N–H and O–H groups in total. The summed E-state index contributed by atoms with van der Waals surface area (Å²) in [5, 5.41) is 7.28. The molecule has 0 saturated heterocycles. The first-order valence-electron chi connectivity index (χ1n) is 9.81. The number of halogens is 1. The van der Waals surface area contributed by atoms with Crippen molar-refractivity contribution in [3.8, 4) is 22.8 Å². The van der Waals surface area contributed by atoms with Gasteiger partial charge in [0.05, 0.1) is 25.4 Å². The zero-order valence-corrected chi connectivity index (χ0v) is 18.5. The van der Waals surface area contributed by atoms with E-state index in [0.29, 0.717) is 44.9 Å². The van der Waals surface area contributed by atoms with Crippen LogP contribution in [-0.2, 0) is 0 Å². The van der Waals surface area contributed by atoms with Gasteiger partial charge in [-0.2, -0.15) is 0 Å². The summed E-state index contributed by atoms with van der Waals surface area (Å²) in [6, 6.07) is 17.9. The summed E-state index contributed by atoms with van der Waals surface area (Å²) < 4.78 is 10.9. The van der Waals surface area contributed by atoms with Crippen LogP contribution in [0.15, 0.2) is 60.7 Å². The lowest BCUT2D eigenvalue weighted by molar-refractivity contribution is 0.102. The van der Waals surface area contributed by atoms with Crippen molar-refractivity contribution in [2.75, 3.05) is 31.9 Å². The number of rotatable bonds is 6. The highest BCUT2D eigenvalue weighted by Gasteiger charge is 2.15. The summed E-state index contributed by atoms with van der Waals surface area (Å²) in [7, 11) is 4.92. The van der Waals surface area contributed by atoms with Crippen molar-refractivity contribution in [1.82, 2.24) is 9.97 Å². The predicted octanol–water partition coefficient (Wildman–Crippen LogP) is 5.26. The maximum absolute atomic E-state index is 12.6. The standard InChI is InChI=1S/C24H21ClN4O3/c1-26-24-28-19-13-21(32-3)20(31-2)12-18(19)22(29-24)15-5-4-6-17(11-15)27-23(30)14-7-9-16(25)10-8-14/h4-13H,1-3H3,(H,27,30)(H,26,28,29). The lowest BCUT2D eigenvalue weighted by atomic mass is 10.0. The molecule has 1 amide bonds. The van der Waals surface area contributed by atoms with E-state index in [4.69, 9.17) is 21.1 Å². The average Bonchev–Trinajstić information content (AvgIpc) is 2.82. The molecule has 0 unspecified atom stereocenters. The summed E-state index contributed by atoms with van der Waals surface area (Å²) in [4.78, 5) is 21.8. The molecule has 8 heteroatoms. The Bertz CT molecular complexity index is 1290. The molecule has 0 aliphatic rings. The zero-order chi connectivity index (χ0) is 22.7. The van der Waals surface area contributed by atoms with Crippen LogP contribution < -0.4 is 20.1 Å². The molecule has 0 radical (unpaired) electrons. The Morgan fingerprint density at radius 3 is 2.34 bits per heavy atom. The van der Waals surface area contributed by atoms with E-state index in [9.17, 15) is 4.79 Å². The summed E-state index contributed by atoms with van der Waals surface area (Å²) in [6.07, 6.45) is 0. The number of benzene rings is 3. The number of anilines is 2. The number of methoxy groups -OCH3 is 2. The molecular weight excluding hydrogens is 428 g/mol. The first-order chi connectivity index (χ1) is 15.5. The Hall–Kier alpha value is -3.84. The molecule has 0 bridgehead atoms. The third kappa shape index (κ3) is 4.29. The van der Waals surface area contributed by atoms with Gasteiger partial charge in [0.1, 0.15) is 0 Å². The molecule has 4 aromatic rings. The van der Waals surface area contributed by atoms with E-state index in [-0.39, 0.29) is 5.91 Å². The second-order valence-corrected chi connectivity index (χ2v) is 7.35. The fourth-order valence-corrected chi connectivity index (χ4v) is 3.46. The third-order valence-electron chi connectivity index (χ3n) is 4.92. The maximum Gasteiger partial charge on any atom is 0.255 e. The summed E-state index contributed by atoms with van der Waals surface area (Å²) in [6.45, 7) is 0. The Labute approximate surface area is 190 Å². The van der Waals surface area contributed by atoms with E-state index in [0.717, 1.165) is 10.9 Å². The molecule has 0 aliphatic carbocycles. The van der Waals surface area contributed by atoms with E-state index in [1.807, 2.05) is 36.4 Å². The van der Waals surface area contributed by atoms with Gasteiger partial charge in [-0.15, -0.1) is 0 Å². The van der Waals surface area contributed by atoms with Gasteiger partial charge in [0.2, 0.25) is 5.95 Å². The minimum absolute atomic E-state index is 0.228. The summed E-state index contributed by atoms with van der Waals surface area (Å²) >= 11 is 5.91. The van der Waals surface area contributed by atoms with Crippen LogP contribution in [0.25, 0.3) is 22.2 Å². The molecule has 3 aromatic carbocycles. The van der Waals surface area contributed by atoms with Crippen molar-refractivity contribution in [3.63, 3.8) is 0 Å². The Kier molecular flexibility index (Phi) is 6.09. The maximum atomic E-state index is 12.6. The first kappa shape index (κ1) is 21.4. The molecule has 4 rings (SSSR count). The number of aromatic nitrogens is 2. The number of nitrogens with one attached hydrogen (secondary N) is 2. The van der Waals surface area contributed by atoms with Crippen molar-refractivity contribution in [3.05, 3.63) is 71.2 Å². The molecule has 0 spiro atoms. The summed E-state index contributed by atoms with van der Waals surface area (Å²) in [5.41, 5.74) is 3.37. The number of hydrogen-bond acceptors (Lipinski definition) is 6. The van der Waals surface area contributed by atoms with Crippen LogP contribution in [0.1, 0.15) is 10.4 Å². The molecule has 0 saturated carbocycles. The van der Waals surface area contributed by atoms with Crippen molar-refractivity contribution in [1.29, 1.82) is 0 Å². The van der Waals surface area contributed by atoms with Gasteiger partial charge < -0.3 is 20.1 Å². The third-order valence-corrected chi connectivity index (χ3v) is 5.18. The van der Waals surface area contributed by atoms with E-state index in [2.05, 4.69) is 20.6 Å². The van der Waals surface area contributed by atoms with Gasteiger partial charge >= 0.3 is 0 Å². The van der Waals surface area contributed by atoms with Crippen LogP contribution in [0, 0.1) is 0 Å². The molecular formula is C24H21ClN4O3. The highest BCUT2D eigenvalue weighted by Crippen LogP contribution is 2.36. The quantitative estimate of drug-likeness (QED) is 0.418. The molecule has 162 valence electrons. The summed E-state index contributed by atoms with van der Waals surface area (Å²) in [5.74, 6) is 1.40. The monoisotopic (exact) mass is 448 g/mol. The Morgan fingerprint density at radius 1 is 0.938 bits per heavy atom. The minimum Gasteiger partial charge on any atom is -0.493 e. The van der Waals surface area contributed by atoms with Gasteiger partial charge in [-0.3, -0.25) is 4.79 Å². The molecule has 1 heterocycles. The fraction of sp³-hybridized carbons (Fsp3) is 0.125. The molecule has 0 aliphatic heterocycles. The van der Waals surface area contributed by atoms with E-state index in [1.54, 1.807) is 45.5 Å². The van der Waals surface area contributed by atoms with Crippen LogP contribution in [0.5, 0.6) is 11.5 Å². The van der Waals surface area contributed by atoms with Crippen molar-refractivity contribution in [2.45, 2.75) is 0 Å². The van der Waals surface area contributed by atoms with Gasteiger partial charge in [-0.05, 0) is 42.5 Å². The zero-order valence-electron chi connectivity index (χ0n) is 17.8. The van der Waals surface area contributed by atoms with Gasteiger partial charge in [0.15, 0.2) is 11.5 Å². The highest BCUT2D eigenvalue weighted by molar-refractivity contribution is 6.30. The van der Waals surface area contributed by atoms with Crippen molar-refractivity contribution >= 4 is 40.0 Å².